The van der Waals surface area contributed by atoms with Gasteiger partial charge in [-0.25, -0.2) is 0 Å². The second-order valence-electron chi connectivity index (χ2n) is 8.28. The standard InChI is InChI=1S/C27H31ClN2O3S/c1-4-21(3)30(27(32)19-33-24-12-10-23(28)11-13-24)18-26(31)29(16-22-8-6-5-7-9-22)17-25-20(2)14-15-34-25/h5-15,21H,4,16-19H2,1-3H3. The van der Waals surface area contributed by atoms with Gasteiger partial charge in [0.1, 0.15) is 12.3 Å². The van der Waals surface area contributed by atoms with Crippen LogP contribution in [0.5, 0.6) is 5.75 Å². The summed E-state index contributed by atoms with van der Waals surface area (Å²) in [7, 11) is 0. The molecule has 180 valence electrons. The Kier molecular flexibility index (Phi) is 9.54. The number of hydrogen-bond acceptors (Lipinski definition) is 4. The first kappa shape index (κ1) is 25.8. The molecule has 1 aromatic heterocycles. The molecular weight excluding hydrogens is 468 g/mol. The molecule has 0 radical (unpaired) electrons. The first-order valence-electron chi connectivity index (χ1n) is 11.4. The highest BCUT2D eigenvalue weighted by molar-refractivity contribution is 7.10. The topological polar surface area (TPSA) is 49.9 Å². The van der Waals surface area contributed by atoms with Crippen molar-refractivity contribution in [3.05, 3.63) is 87.1 Å². The van der Waals surface area contributed by atoms with Gasteiger partial charge in [-0.2, -0.15) is 0 Å². The summed E-state index contributed by atoms with van der Waals surface area (Å²) < 4.78 is 5.66. The van der Waals surface area contributed by atoms with Gasteiger partial charge in [0.05, 0.1) is 6.54 Å². The molecular formula is C27H31ClN2O3S. The van der Waals surface area contributed by atoms with Crippen LogP contribution < -0.4 is 4.74 Å². The fraction of sp³-hybridized carbons (Fsp3) is 0.333. The zero-order valence-electron chi connectivity index (χ0n) is 19.9. The highest BCUT2D eigenvalue weighted by Gasteiger charge is 2.26. The van der Waals surface area contributed by atoms with Crippen LogP contribution in [-0.4, -0.2) is 40.8 Å². The van der Waals surface area contributed by atoms with Crippen molar-refractivity contribution in [1.82, 2.24) is 9.80 Å². The Morgan fingerprint density at radius 3 is 2.32 bits per heavy atom. The molecule has 0 saturated heterocycles. The molecule has 0 fully saturated rings. The summed E-state index contributed by atoms with van der Waals surface area (Å²) in [4.78, 5) is 31.2. The molecule has 1 atom stereocenters. The lowest BCUT2D eigenvalue weighted by Crippen LogP contribution is -2.47. The lowest BCUT2D eigenvalue weighted by molar-refractivity contribution is -0.144. The van der Waals surface area contributed by atoms with Gasteiger partial charge >= 0.3 is 0 Å². The largest absolute Gasteiger partial charge is 0.484 e. The van der Waals surface area contributed by atoms with E-state index in [4.69, 9.17) is 16.3 Å². The maximum absolute atomic E-state index is 13.5. The Hall–Kier alpha value is -2.83. The van der Waals surface area contributed by atoms with Crippen molar-refractivity contribution in [3.8, 4) is 5.75 Å². The number of halogens is 1. The van der Waals surface area contributed by atoms with E-state index in [9.17, 15) is 9.59 Å². The van der Waals surface area contributed by atoms with Crippen LogP contribution in [-0.2, 0) is 22.7 Å². The summed E-state index contributed by atoms with van der Waals surface area (Å²) in [5, 5.41) is 2.64. The van der Waals surface area contributed by atoms with Gasteiger partial charge in [0.25, 0.3) is 5.91 Å². The van der Waals surface area contributed by atoms with Crippen LogP contribution in [0.4, 0.5) is 0 Å². The van der Waals surface area contributed by atoms with E-state index < -0.39 is 0 Å². The molecule has 0 aliphatic rings. The number of hydrogen-bond donors (Lipinski definition) is 0. The van der Waals surface area contributed by atoms with Crippen molar-refractivity contribution < 1.29 is 14.3 Å². The average Bonchev–Trinajstić information content (AvgIpc) is 3.25. The Labute approximate surface area is 210 Å². The molecule has 0 aliphatic heterocycles. The van der Waals surface area contributed by atoms with E-state index in [1.54, 1.807) is 40.5 Å². The smallest absolute Gasteiger partial charge is 0.261 e. The van der Waals surface area contributed by atoms with Crippen molar-refractivity contribution in [3.63, 3.8) is 0 Å². The summed E-state index contributed by atoms with van der Waals surface area (Å²) in [5.74, 6) is 0.258. The summed E-state index contributed by atoms with van der Waals surface area (Å²) in [6.07, 6.45) is 0.739. The van der Waals surface area contributed by atoms with Crippen molar-refractivity contribution in [2.24, 2.45) is 0 Å². The number of carbonyl (C=O) groups is 2. The van der Waals surface area contributed by atoms with Gasteiger partial charge in [-0.3, -0.25) is 9.59 Å². The molecule has 1 unspecified atom stereocenters. The van der Waals surface area contributed by atoms with Crippen LogP contribution in [0.2, 0.25) is 5.02 Å². The molecule has 0 saturated carbocycles. The van der Waals surface area contributed by atoms with E-state index in [1.807, 2.05) is 54.5 Å². The van der Waals surface area contributed by atoms with Crippen molar-refractivity contribution in [1.29, 1.82) is 0 Å². The quantitative estimate of drug-likeness (QED) is 0.328. The van der Waals surface area contributed by atoms with Gasteiger partial charge < -0.3 is 14.5 Å². The fourth-order valence-electron chi connectivity index (χ4n) is 3.49. The molecule has 3 rings (SSSR count). The highest BCUT2D eigenvalue weighted by atomic mass is 35.5. The summed E-state index contributed by atoms with van der Waals surface area (Å²) in [6.45, 7) is 6.89. The van der Waals surface area contributed by atoms with Crippen molar-refractivity contribution >= 4 is 34.8 Å². The predicted octanol–water partition coefficient (Wildman–Crippen LogP) is 5.94. The van der Waals surface area contributed by atoms with Gasteiger partial charge in [-0.1, -0.05) is 48.9 Å². The SMILES string of the molecule is CCC(C)N(CC(=O)N(Cc1ccccc1)Cc1sccc1C)C(=O)COc1ccc(Cl)cc1. The van der Waals surface area contributed by atoms with Gasteiger partial charge in [0, 0.05) is 22.5 Å². The van der Waals surface area contributed by atoms with E-state index in [0.29, 0.717) is 23.9 Å². The minimum absolute atomic E-state index is 0.00900. The lowest BCUT2D eigenvalue weighted by atomic mass is 10.2. The zero-order chi connectivity index (χ0) is 24.5. The Bertz CT molecular complexity index is 1070. The average molecular weight is 499 g/mol. The van der Waals surface area contributed by atoms with Crippen LogP contribution in [0.1, 0.15) is 36.3 Å². The second kappa shape index (κ2) is 12.6. The summed E-state index contributed by atoms with van der Waals surface area (Å²) in [5.41, 5.74) is 2.22. The van der Waals surface area contributed by atoms with E-state index >= 15 is 0 Å². The Morgan fingerprint density at radius 1 is 1.00 bits per heavy atom. The monoisotopic (exact) mass is 498 g/mol. The molecule has 0 N–H and O–H groups in total. The number of carbonyl (C=O) groups excluding carboxylic acids is 2. The van der Waals surface area contributed by atoms with E-state index in [2.05, 4.69) is 13.0 Å². The molecule has 3 aromatic rings. The van der Waals surface area contributed by atoms with E-state index in [1.165, 1.54) is 5.56 Å². The van der Waals surface area contributed by atoms with Gasteiger partial charge in [0.15, 0.2) is 6.61 Å². The molecule has 5 nitrogen and oxygen atoms in total. The van der Waals surface area contributed by atoms with Crippen LogP contribution in [0.3, 0.4) is 0 Å². The molecule has 0 aliphatic carbocycles. The number of nitrogens with zero attached hydrogens (tertiary/aromatic N) is 2. The van der Waals surface area contributed by atoms with Crippen LogP contribution in [0.25, 0.3) is 0 Å². The molecule has 1 heterocycles. The minimum atomic E-state index is -0.218. The molecule has 34 heavy (non-hydrogen) atoms. The number of rotatable bonds is 11. The number of benzene rings is 2. The number of thiophene rings is 1. The number of amides is 2. The molecule has 0 spiro atoms. The van der Waals surface area contributed by atoms with Crippen LogP contribution >= 0.6 is 22.9 Å². The first-order chi connectivity index (χ1) is 16.4. The normalized spacial score (nSPS) is 11.6. The third kappa shape index (κ3) is 7.34. The summed E-state index contributed by atoms with van der Waals surface area (Å²) >= 11 is 7.56. The highest BCUT2D eigenvalue weighted by Crippen LogP contribution is 2.20. The molecule has 2 aromatic carbocycles. The number of aryl methyl sites for hydroxylation is 1. The molecule has 7 heteroatoms. The third-order valence-corrected chi connectivity index (χ3v) is 7.06. The maximum atomic E-state index is 13.5. The van der Waals surface area contributed by atoms with Crippen LogP contribution in [0.15, 0.2) is 66.0 Å². The number of ether oxygens (including phenoxy) is 1. The zero-order valence-corrected chi connectivity index (χ0v) is 21.4. The van der Waals surface area contributed by atoms with Gasteiger partial charge in [0.2, 0.25) is 5.91 Å². The molecule has 2 amide bonds. The van der Waals surface area contributed by atoms with Crippen LogP contribution in [0, 0.1) is 6.92 Å². The maximum Gasteiger partial charge on any atom is 0.261 e. The first-order valence-corrected chi connectivity index (χ1v) is 12.7. The predicted molar refractivity (Wildman–Crippen MR) is 138 cm³/mol. The van der Waals surface area contributed by atoms with Crippen molar-refractivity contribution in [2.75, 3.05) is 13.2 Å². The van der Waals surface area contributed by atoms with Gasteiger partial charge in [-0.15, -0.1) is 11.3 Å². The third-order valence-electron chi connectivity index (χ3n) is 5.80. The minimum Gasteiger partial charge on any atom is -0.484 e. The van der Waals surface area contributed by atoms with E-state index in [0.717, 1.165) is 16.9 Å². The molecule has 0 bridgehead atoms. The van der Waals surface area contributed by atoms with Crippen molar-refractivity contribution in [2.45, 2.75) is 46.3 Å². The summed E-state index contributed by atoms with van der Waals surface area (Å²) in [6, 6.07) is 18.8. The van der Waals surface area contributed by atoms with Gasteiger partial charge in [-0.05, 0) is 67.1 Å². The Morgan fingerprint density at radius 2 is 1.71 bits per heavy atom. The second-order valence-corrected chi connectivity index (χ2v) is 9.72. The van der Waals surface area contributed by atoms with E-state index in [-0.39, 0.29) is 31.0 Å². The Balaban J connectivity index is 1.73. The lowest BCUT2D eigenvalue weighted by Gasteiger charge is -2.31. The fourth-order valence-corrected chi connectivity index (χ4v) is 4.54.